The third kappa shape index (κ3) is 5.29. The average Bonchev–Trinajstić information content (AvgIpc) is 2.49. The van der Waals surface area contributed by atoms with Crippen molar-refractivity contribution in [2.45, 2.75) is 13.3 Å². The van der Waals surface area contributed by atoms with E-state index in [1.807, 2.05) is 13.0 Å². The number of rotatable bonds is 8. The van der Waals surface area contributed by atoms with Gasteiger partial charge in [-0.25, -0.2) is 9.37 Å². The second-order valence-electron chi connectivity index (χ2n) is 4.94. The fourth-order valence-corrected chi connectivity index (χ4v) is 1.99. The number of hydrogen-bond acceptors (Lipinski definition) is 5. The largest absolute Gasteiger partial charge is 0.383 e. The highest BCUT2D eigenvalue weighted by molar-refractivity contribution is 5.42. The number of anilines is 2. The molecule has 6 heteroatoms. The molecule has 2 aromatic rings. The van der Waals surface area contributed by atoms with E-state index in [1.54, 1.807) is 19.2 Å². The lowest BCUT2D eigenvalue weighted by molar-refractivity contribution is 0.210. The van der Waals surface area contributed by atoms with E-state index in [-0.39, 0.29) is 5.82 Å². The summed E-state index contributed by atoms with van der Waals surface area (Å²) in [5.41, 5.74) is 1.96. The van der Waals surface area contributed by atoms with Crippen molar-refractivity contribution in [2.75, 3.05) is 37.4 Å². The topological polar surface area (TPSA) is 59.1 Å². The summed E-state index contributed by atoms with van der Waals surface area (Å²) in [7, 11) is 1.66. The van der Waals surface area contributed by atoms with Gasteiger partial charge in [0.2, 0.25) is 5.95 Å². The van der Waals surface area contributed by atoms with Gasteiger partial charge in [-0.2, -0.15) is 4.98 Å². The van der Waals surface area contributed by atoms with Crippen molar-refractivity contribution < 1.29 is 9.13 Å². The summed E-state index contributed by atoms with van der Waals surface area (Å²) < 4.78 is 17.8. The van der Waals surface area contributed by atoms with Gasteiger partial charge in [-0.3, -0.25) is 0 Å². The van der Waals surface area contributed by atoms with Gasteiger partial charge in [0.25, 0.3) is 0 Å². The summed E-state index contributed by atoms with van der Waals surface area (Å²) in [6, 6.07) is 8.39. The van der Waals surface area contributed by atoms with Crippen LogP contribution in [0, 0.1) is 12.7 Å². The first kappa shape index (κ1) is 16.2. The minimum absolute atomic E-state index is 0.217. The zero-order chi connectivity index (χ0) is 15.8. The number of hydrogen-bond donors (Lipinski definition) is 2. The molecular formula is C16H21FN4O. The van der Waals surface area contributed by atoms with Crippen LogP contribution in [-0.2, 0) is 11.2 Å². The third-order valence-electron chi connectivity index (χ3n) is 3.08. The van der Waals surface area contributed by atoms with Crippen LogP contribution in [0.25, 0.3) is 0 Å². The molecule has 2 N–H and O–H groups in total. The van der Waals surface area contributed by atoms with Crippen molar-refractivity contribution in [3.8, 4) is 0 Å². The van der Waals surface area contributed by atoms with Crippen molar-refractivity contribution in [2.24, 2.45) is 0 Å². The summed E-state index contributed by atoms with van der Waals surface area (Å²) in [5, 5.41) is 6.38. The van der Waals surface area contributed by atoms with E-state index in [2.05, 4.69) is 20.6 Å². The molecule has 22 heavy (non-hydrogen) atoms. The Hall–Kier alpha value is -2.21. The molecule has 1 aromatic carbocycles. The quantitative estimate of drug-likeness (QED) is 0.734. The Kier molecular flexibility index (Phi) is 6.09. The van der Waals surface area contributed by atoms with Crippen molar-refractivity contribution >= 4 is 11.8 Å². The third-order valence-corrected chi connectivity index (χ3v) is 3.08. The van der Waals surface area contributed by atoms with Gasteiger partial charge in [0.1, 0.15) is 11.6 Å². The average molecular weight is 304 g/mol. The van der Waals surface area contributed by atoms with Crippen LogP contribution in [0.2, 0.25) is 0 Å². The van der Waals surface area contributed by atoms with Gasteiger partial charge in [0.05, 0.1) is 6.61 Å². The molecule has 2 rings (SSSR count). The Morgan fingerprint density at radius 2 is 1.86 bits per heavy atom. The monoisotopic (exact) mass is 304 g/mol. The fraction of sp³-hybridized carbons (Fsp3) is 0.375. The molecule has 0 unspecified atom stereocenters. The second-order valence-corrected chi connectivity index (χ2v) is 4.94. The van der Waals surface area contributed by atoms with Crippen molar-refractivity contribution in [1.29, 1.82) is 0 Å². The number of halogens is 1. The highest BCUT2D eigenvalue weighted by Gasteiger charge is 2.02. The first-order valence-electron chi connectivity index (χ1n) is 7.24. The maximum Gasteiger partial charge on any atom is 0.224 e. The summed E-state index contributed by atoms with van der Waals surface area (Å²) in [6.07, 6.45) is 0.782. The molecule has 5 nitrogen and oxygen atoms in total. The van der Waals surface area contributed by atoms with Crippen LogP contribution in [0.15, 0.2) is 30.3 Å². The summed E-state index contributed by atoms with van der Waals surface area (Å²) >= 11 is 0. The van der Waals surface area contributed by atoms with Crippen LogP contribution < -0.4 is 10.6 Å². The maximum atomic E-state index is 12.8. The highest BCUT2D eigenvalue weighted by atomic mass is 19.1. The van der Waals surface area contributed by atoms with E-state index < -0.39 is 0 Å². The maximum absolute atomic E-state index is 12.8. The molecule has 0 aliphatic carbocycles. The lowest BCUT2D eigenvalue weighted by Gasteiger charge is -2.09. The van der Waals surface area contributed by atoms with Crippen molar-refractivity contribution in [3.63, 3.8) is 0 Å². The number of ether oxygens (including phenoxy) is 1. The number of aryl methyl sites for hydroxylation is 1. The van der Waals surface area contributed by atoms with E-state index in [4.69, 9.17) is 4.74 Å². The molecule has 0 amide bonds. The number of nitrogens with one attached hydrogen (secondary N) is 2. The lowest BCUT2D eigenvalue weighted by atomic mass is 10.1. The van der Waals surface area contributed by atoms with Crippen LogP contribution in [0.3, 0.4) is 0 Å². The summed E-state index contributed by atoms with van der Waals surface area (Å²) in [4.78, 5) is 8.76. The van der Waals surface area contributed by atoms with E-state index in [9.17, 15) is 4.39 Å². The van der Waals surface area contributed by atoms with Crippen molar-refractivity contribution in [3.05, 3.63) is 47.4 Å². The summed E-state index contributed by atoms with van der Waals surface area (Å²) in [6.45, 7) is 3.93. The second kappa shape index (κ2) is 8.29. The predicted molar refractivity (Wildman–Crippen MR) is 85.7 cm³/mol. The molecule has 0 saturated heterocycles. The van der Waals surface area contributed by atoms with Gasteiger partial charge in [-0.05, 0) is 31.0 Å². The number of methoxy groups -OCH3 is 1. The Bertz CT molecular complexity index is 589. The molecule has 0 bridgehead atoms. The smallest absolute Gasteiger partial charge is 0.224 e. The summed E-state index contributed by atoms with van der Waals surface area (Å²) in [5.74, 6) is 1.14. The molecule has 0 aliphatic heterocycles. The number of benzene rings is 1. The van der Waals surface area contributed by atoms with Gasteiger partial charge in [0, 0.05) is 32.0 Å². The predicted octanol–water partition coefficient (Wildman–Crippen LogP) is 2.64. The van der Waals surface area contributed by atoms with Crippen LogP contribution >= 0.6 is 0 Å². The molecule has 0 spiro atoms. The standard InChI is InChI=1S/C16H21FN4O/c1-12-11-15(18-9-10-22-2)21-16(20-12)19-8-7-13-3-5-14(17)6-4-13/h3-6,11H,7-10H2,1-2H3,(H2,18,19,20,21). The number of nitrogens with zero attached hydrogens (tertiary/aromatic N) is 2. The highest BCUT2D eigenvalue weighted by Crippen LogP contribution is 2.10. The molecular weight excluding hydrogens is 283 g/mol. The fourth-order valence-electron chi connectivity index (χ4n) is 1.99. The lowest BCUT2D eigenvalue weighted by Crippen LogP contribution is -2.12. The van der Waals surface area contributed by atoms with E-state index in [0.29, 0.717) is 25.6 Å². The first-order valence-corrected chi connectivity index (χ1v) is 7.24. The van der Waals surface area contributed by atoms with Crippen LogP contribution in [0.1, 0.15) is 11.3 Å². The Labute approximate surface area is 129 Å². The SMILES string of the molecule is COCCNc1cc(C)nc(NCCc2ccc(F)cc2)n1. The minimum atomic E-state index is -0.217. The van der Waals surface area contributed by atoms with E-state index in [0.717, 1.165) is 23.5 Å². The minimum Gasteiger partial charge on any atom is -0.383 e. The zero-order valence-electron chi connectivity index (χ0n) is 12.9. The van der Waals surface area contributed by atoms with Crippen LogP contribution in [-0.4, -0.2) is 36.8 Å². The molecule has 0 radical (unpaired) electrons. The molecule has 0 atom stereocenters. The molecule has 1 heterocycles. The van der Waals surface area contributed by atoms with Gasteiger partial charge in [-0.1, -0.05) is 12.1 Å². The molecule has 1 aromatic heterocycles. The Morgan fingerprint density at radius 3 is 2.59 bits per heavy atom. The zero-order valence-corrected chi connectivity index (χ0v) is 12.9. The van der Waals surface area contributed by atoms with Gasteiger partial charge < -0.3 is 15.4 Å². The number of aromatic nitrogens is 2. The van der Waals surface area contributed by atoms with Gasteiger partial charge in [-0.15, -0.1) is 0 Å². The van der Waals surface area contributed by atoms with E-state index >= 15 is 0 Å². The van der Waals surface area contributed by atoms with Crippen molar-refractivity contribution in [1.82, 2.24) is 9.97 Å². The normalized spacial score (nSPS) is 10.5. The van der Waals surface area contributed by atoms with Crippen LogP contribution in [0.4, 0.5) is 16.2 Å². The molecule has 0 fully saturated rings. The van der Waals surface area contributed by atoms with Gasteiger partial charge >= 0.3 is 0 Å². The Balaban J connectivity index is 1.87. The molecule has 0 aliphatic rings. The van der Waals surface area contributed by atoms with Gasteiger partial charge in [0.15, 0.2) is 0 Å². The Morgan fingerprint density at radius 1 is 1.09 bits per heavy atom. The van der Waals surface area contributed by atoms with E-state index in [1.165, 1.54) is 12.1 Å². The van der Waals surface area contributed by atoms with Crippen LogP contribution in [0.5, 0.6) is 0 Å². The molecule has 118 valence electrons. The molecule has 0 saturated carbocycles. The first-order chi connectivity index (χ1) is 10.7.